The third-order valence-corrected chi connectivity index (χ3v) is 4.84. The van der Waals surface area contributed by atoms with Crippen molar-refractivity contribution in [2.75, 3.05) is 6.54 Å². The summed E-state index contributed by atoms with van der Waals surface area (Å²) in [5, 5.41) is 7.58. The Bertz CT molecular complexity index is 970. The van der Waals surface area contributed by atoms with Crippen molar-refractivity contribution in [1.82, 2.24) is 25.4 Å². The van der Waals surface area contributed by atoms with Crippen LogP contribution in [-0.4, -0.2) is 26.7 Å². The lowest BCUT2D eigenvalue weighted by Gasteiger charge is -2.05. The van der Waals surface area contributed by atoms with E-state index < -0.39 is 0 Å². The van der Waals surface area contributed by atoms with Crippen molar-refractivity contribution in [3.63, 3.8) is 0 Å². The van der Waals surface area contributed by atoms with Gasteiger partial charge in [0.2, 0.25) is 11.7 Å². The molecule has 1 saturated carbocycles. The van der Waals surface area contributed by atoms with Gasteiger partial charge < -0.3 is 9.84 Å². The van der Waals surface area contributed by atoms with Crippen molar-refractivity contribution in [3.8, 4) is 23.4 Å². The summed E-state index contributed by atoms with van der Waals surface area (Å²) >= 11 is 0. The number of hydrogen-bond acceptors (Lipinski definition) is 6. The zero-order valence-corrected chi connectivity index (χ0v) is 13.4. The number of aromatic nitrogens is 4. The predicted molar refractivity (Wildman–Crippen MR) is 90.2 cm³/mol. The topological polar surface area (TPSA) is 76.7 Å². The van der Waals surface area contributed by atoms with E-state index in [4.69, 9.17) is 4.52 Å². The van der Waals surface area contributed by atoms with E-state index in [9.17, 15) is 0 Å². The van der Waals surface area contributed by atoms with Crippen LogP contribution in [0.4, 0.5) is 0 Å². The zero-order valence-electron chi connectivity index (χ0n) is 13.4. The molecule has 4 heterocycles. The molecule has 2 atom stereocenters. The molecule has 1 N–H and O–H groups in total. The van der Waals surface area contributed by atoms with Crippen LogP contribution in [0.3, 0.4) is 0 Å². The van der Waals surface area contributed by atoms with Gasteiger partial charge in [-0.3, -0.25) is 4.98 Å². The molecule has 3 aromatic rings. The molecule has 5 rings (SSSR count). The molecular formula is C19H15N5O. The number of rotatable bonds is 2. The molecule has 25 heavy (non-hydrogen) atoms. The molecular weight excluding hydrogens is 314 g/mol. The van der Waals surface area contributed by atoms with E-state index >= 15 is 0 Å². The quantitative estimate of drug-likeness (QED) is 0.726. The molecule has 1 saturated heterocycles. The van der Waals surface area contributed by atoms with Crippen LogP contribution < -0.4 is 5.32 Å². The molecule has 2 fully saturated rings. The van der Waals surface area contributed by atoms with Crippen molar-refractivity contribution in [2.45, 2.75) is 18.4 Å². The van der Waals surface area contributed by atoms with Crippen molar-refractivity contribution >= 4 is 0 Å². The summed E-state index contributed by atoms with van der Waals surface area (Å²) < 4.78 is 5.48. The van der Waals surface area contributed by atoms with E-state index in [2.05, 4.69) is 37.3 Å². The molecule has 6 heteroatoms. The standard InChI is InChI=1S/C19H15N5O/c1-2-9-20-15(3-1)6-4-13-5-7-16(21-12-13)17-23-18(25-24-17)19-11-14(19)8-10-22-19/h1-3,5,7,9,12,14,22H,8,10-11H2. The molecule has 0 spiro atoms. The lowest BCUT2D eigenvalue weighted by molar-refractivity contribution is 0.327. The van der Waals surface area contributed by atoms with Gasteiger partial charge in [-0.2, -0.15) is 4.98 Å². The number of fused-ring (bicyclic) bond motifs is 1. The van der Waals surface area contributed by atoms with Gasteiger partial charge in [-0.15, -0.1) is 0 Å². The third kappa shape index (κ3) is 2.49. The van der Waals surface area contributed by atoms with E-state index in [0.717, 1.165) is 24.2 Å². The highest BCUT2D eigenvalue weighted by Gasteiger charge is 2.62. The van der Waals surface area contributed by atoms with E-state index in [1.165, 1.54) is 6.42 Å². The molecule has 1 aliphatic heterocycles. The Balaban J connectivity index is 1.36. The van der Waals surface area contributed by atoms with Crippen molar-refractivity contribution < 1.29 is 4.52 Å². The summed E-state index contributed by atoms with van der Waals surface area (Å²) in [6, 6.07) is 9.42. The van der Waals surface area contributed by atoms with Gasteiger partial charge in [-0.1, -0.05) is 17.1 Å². The van der Waals surface area contributed by atoms with Crippen molar-refractivity contribution in [2.24, 2.45) is 5.92 Å². The van der Waals surface area contributed by atoms with Gasteiger partial charge in [0, 0.05) is 18.0 Å². The van der Waals surface area contributed by atoms with Crippen molar-refractivity contribution in [1.29, 1.82) is 0 Å². The molecule has 0 amide bonds. The van der Waals surface area contributed by atoms with Crippen molar-refractivity contribution in [3.05, 3.63) is 59.9 Å². The fourth-order valence-corrected chi connectivity index (χ4v) is 3.38. The van der Waals surface area contributed by atoms with Crippen LogP contribution in [-0.2, 0) is 5.54 Å². The van der Waals surface area contributed by atoms with Crippen LogP contribution in [0.25, 0.3) is 11.5 Å². The minimum atomic E-state index is -0.0701. The maximum atomic E-state index is 5.48. The van der Waals surface area contributed by atoms with Gasteiger partial charge in [0.15, 0.2) is 0 Å². The van der Waals surface area contributed by atoms with Crippen LogP contribution in [0.1, 0.15) is 30.0 Å². The summed E-state index contributed by atoms with van der Waals surface area (Å²) in [6.45, 7) is 1.02. The minimum absolute atomic E-state index is 0.0701. The Morgan fingerprint density at radius 3 is 2.88 bits per heavy atom. The highest BCUT2D eigenvalue weighted by atomic mass is 16.5. The summed E-state index contributed by atoms with van der Waals surface area (Å²) in [4.78, 5) is 13.1. The van der Waals surface area contributed by atoms with Gasteiger partial charge in [0.25, 0.3) is 0 Å². The fraction of sp³-hybridized carbons (Fsp3) is 0.263. The van der Waals surface area contributed by atoms with Gasteiger partial charge in [0.05, 0.1) is 0 Å². The molecule has 122 valence electrons. The first-order valence-electron chi connectivity index (χ1n) is 8.32. The lowest BCUT2D eigenvalue weighted by atomic mass is 10.2. The van der Waals surface area contributed by atoms with Gasteiger partial charge >= 0.3 is 0 Å². The maximum Gasteiger partial charge on any atom is 0.247 e. The SMILES string of the molecule is C(#Cc1ccccn1)c1ccc(-c2noc(C34CC3CCN4)n2)nc1. The van der Waals surface area contributed by atoms with E-state index in [1.54, 1.807) is 12.4 Å². The van der Waals surface area contributed by atoms with Gasteiger partial charge in [-0.25, -0.2) is 4.98 Å². The maximum absolute atomic E-state index is 5.48. The molecule has 0 radical (unpaired) electrons. The molecule has 3 aromatic heterocycles. The molecule has 2 unspecified atom stereocenters. The van der Waals surface area contributed by atoms with Crippen LogP contribution in [0, 0.1) is 17.8 Å². The molecule has 2 aliphatic rings. The number of nitrogens with one attached hydrogen (secondary N) is 1. The minimum Gasteiger partial charge on any atom is -0.337 e. The van der Waals surface area contributed by atoms with Crippen LogP contribution >= 0.6 is 0 Å². The molecule has 0 bridgehead atoms. The summed E-state index contributed by atoms with van der Waals surface area (Å²) in [5.41, 5.74) is 2.16. The average molecular weight is 329 g/mol. The normalized spacial score (nSPS) is 23.6. The fourth-order valence-electron chi connectivity index (χ4n) is 3.38. The largest absolute Gasteiger partial charge is 0.337 e. The Labute approximate surface area is 144 Å². The molecule has 0 aromatic carbocycles. The number of hydrogen-bond donors (Lipinski definition) is 1. The Morgan fingerprint density at radius 2 is 2.16 bits per heavy atom. The smallest absolute Gasteiger partial charge is 0.247 e. The number of nitrogens with zero attached hydrogens (tertiary/aromatic N) is 4. The zero-order chi connectivity index (χ0) is 16.7. The van der Waals surface area contributed by atoms with Crippen LogP contribution in [0.2, 0.25) is 0 Å². The first-order valence-corrected chi connectivity index (χ1v) is 8.32. The Morgan fingerprint density at radius 1 is 1.16 bits per heavy atom. The second-order valence-electron chi connectivity index (χ2n) is 6.41. The highest BCUT2D eigenvalue weighted by Crippen LogP contribution is 2.56. The Hall–Kier alpha value is -3.04. The predicted octanol–water partition coefficient (Wildman–Crippen LogP) is 2.13. The van der Waals surface area contributed by atoms with E-state index in [-0.39, 0.29) is 5.54 Å². The number of piperidine rings is 1. The van der Waals surface area contributed by atoms with Crippen LogP contribution in [0.5, 0.6) is 0 Å². The monoisotopic (exact) mass is 329 g/mol. The van der Waals surface area contributed by atoms with E-state index in [0.29, 0.717) is 23.3 Å². The van der Waals surface area contributed by atoms with Crippen LogP contribution in [0.15, 0.2) is 47.2 Å². The summed E-state index contributed by atoms with van der Waals surface area (Å²) in [6.07, 6.45) is 5.71. The Kier molecular flexibility index (Phi) is 3.15. The first-order chi connectivity index (χ1) is 12.3. The van der Waals surface area contributed by atoms with Gasteiger partial charge in [0.1, 0.15) is 16.9 Å². The van der Waals surface area contributed by atoms with Gasteiger partial charge in [-0.05, 0) is 55.5 Å². The second-order valence-corrected chi connectivity index (χ2v) is 6.41. The highest BCUT2D eigenvalue weighted by molar-refractivity contribution is 5.51. The average Bonchev–Trinajstić information content (AvgIpc) is 3.03. The summed E-state index contributed by atoms with van der Waals surface area (Å²) in [5.74, 6) is 7.91. The summed E-state index contributed by atoms with van der Waals surface area (Å²) in [7, 11) is 0. The first kappa shape index (κ1) is 14.3. The second kappa shape index (κ2) is 5.50. The lowest BCUT2D eigenvalue weighted by Crippen LogP contribution is -2.25. The molecule has 6 nitrogen and oxygen atoms in total. The third-order valence-electron chi connectivity index (χ3n) is 4.84. The van der Waals surface area contributed by atoms with E-state index in [1.807, 2.05) is 30.3 Å². The molecule has 1 aliphatic carbocycles. The number of pyridine rings is 2.